The molecule has 156 valence electrons. The molecule has 3 N–H and O–H groups in total. The van der Waals surface area contributed by atoms with Crippen molar-refractivity contribution >= 4 is 11.6 Å². The number of benzene rings is 1. The minimum absolute atomic E-state index is 0.119. The Morgan fingerprint density at radius 1 is 1.21 bits per heavy atom. The van der Waals surface area contributed by atoms with E-state index in [2.05, 4.69) is 41.1 Å². The fourth-order valence-corrected chi connectivity index (χ4v) is 8.27. The summed E-state index contributed by atoms with van der Waals surface area (Å²) >= 11 is 0. The van der Waals surface area contributed by atoms with Gasteiger partial charge in [-0.15, -0.1) is 0 Å². The summed E-state index contributed by atoms with van der Waals surface area (Å²) in [5.74, 6) is 3.05. The number of anilines is 1. The Morgan fingerprint density at radius 3 is 3.00 bits per heavy atom. The van der Waals surface area contributed by atoms with Crippen molar-refractivity contribution in [3.05, 3.63) is 29.3 Å². The number of rotatable bonds is 5. The second kappa shape index (κ2) is 6.47. The predicted octanol–water partition coefficient (Wildman–Crippen LogP) is 4.11. The van der Waals surface area contributed by atoms with Crippen LogP contribution < -0.4 is 16.0 Å². The molecule has 1 heterocycles. The van der Waals surface area contributed by atoms with E-state index < -0.39 is 0 Å². The Hall–Kier alpha value is -1.55. The minimum atomic E-state index is 0.119. The zero-order valence-electron chi connectivity index (χ0n) is 17.7. The van der Waals surface area contributed by atoms with Crippen LogP contribution in [0.3, 0.4) is 0 Å². The molecule has 6 atom stereocenters. The molecule has 1 saturated heterocycles. The van der Waals surface area contributed by atoms with E-state index in [0.717, 1.165) is 54.2 Å². The summed E-state index contributed by atoms with van der Waals surface area (Å²) < 4.78 is 0. The van der Waals surface area contributed by atoms with Crippen LogP contribution in [0.25, 0.3) is 0 Å². The van der Waals surface area contributed by atoms with Gasteiger partial charge < -0.3 is 16.0 Å². The van der Waals surface area contributed by atoms with E-state index >= 15 is 0 Å². The first-order valence-corrected chi connectivity index (χ1v) is 11.9. The van der Waals surface area contributed by atoms with Crippen LogP contribution in [-0.2, 0) is 0 Å². The van der Waals surface area contributed by atoms with Gasteiger partial charge in [0.05, 0.1) is 0 Å². The van der Waals surface area contributed by atoms with E-state index in [1.807, 2.05) is 0 Å². The van der Waals surface area contributed by atoms with Crippen LogP contribution in [0.1, 0.15) is 67.3 Å². The van der Waals surface area contributed by atoms with Crippen LogP contribution in [0.5, 0.6) is 0 Å². The lowest BCUT2D eigenvalue weighted by molar-refractivity contribution is -0.00253. The second-order valence-electron chi connectivity index (χ2n) is 11.2. The molecular weight excluding hydrogens is 358 g/mol. The number of aryl methyl sites for hydroxylation is 1. The smallest absolute Gasteiger partial charge is 0.251 e. The van der Waals surface area contributed by atoms with Crippen LogP contribution >= 0.6 is 0 Å². The SMILES string of the molecule is Cc1ccc(NC2CCCNC2)cc1C(=O)NCC12CC3CC4CC(C1)C4(C3)C2. The molecule has 4 heteroatoms. The third-order valence-electron chi connectivity index (χ3n) is 9.36. The summed E-state index contributed by atoms with van der Waals surface area (Å²) in [6.07, 6.45) is 11.0. The largest absolute Gasteiger partial charge is 0.381 e. The first-order chi connectivity index (χ1) is 14.1. The lowest BCUT2D eigenvalue weighted by Crippen LogP contribution is -2.43. The van der Waals surface area contributed by atoms with Gasteiger partial charge in [-0.3, -0.25) is 4.79 Å². The van der Waals surface area contributed by atoms with Gasteiger partial charge in [0.2, 0.25) is 0 Å². The van der Waals surface area contributed by atoms with E-state index in [1.165, 1.54) is 51.4 Å². The standard InChI is InChI=1S/C25H35N3O/c1-16-4-5-20(28-21-3-2-6-26-13-21)9-22(16)23(29)27-15-24-10-17-7-18-8-19(12-24)25(18,11-17)14-24/h4-5,9,17-19,21,26,28H,2-3,6-8,10-15H2,1H3,(H,27,29). The van der Waals surface area contributed by atoms with E-state index in [-0.39, 0.29) is 5.91 Å². The first kappa shape index (κ1) is 18.2. The third-order valence-corrected chi connectivity index (χ3v) is 9.36. The molecule has 4 saturated carbocycles. The van der Waals surface area contributed by atoms with Gasteiger partial charge in [0, 0.05) is 30.4 Å². The molecule has 0 radical (unpaired) electrons. The maximum Gasteiger partial charge on any atom is 0.251 e. The molecule has 1 aliphatic heterocycles. The molecule has 3 bridgehead atoms. The van der Waals surface area contributed by atoms with Gasteiger partial charge >= 0.3 is 0 Å². The molecule has 29 heavy (non-hydrogen) atoms. The number of fused-ring (bicyclic) bond motifs is 2. The third kappa shape index (κ3) is 2.85. The molecule has 4 aliphatic carbocycles. The summed E-state index contributed by atoms with van der Waals surface area (Å²) in [4.78, 5) is 13.1. The predicted molar refractivity (Wildman–Crippen MR) is 116 cm³/mol. The number of carbonyl (C=O) groups is 1. The molecule has 1 aromatic rings. The number of amides is 1. The Labute approximate surface area is 174 Å². The number of hydrogen-bond acceptors (Lipinski definition) is 3. The Bertz CT molecular complexity index is 827. The van der Waals surface area contributed by atoms with Gasteiger partial charge in [-0.2, -0.15) is 0 Å². The van der Waals surface area contributed by atoms with Gasteiger partial charge in [0.1, 0.15) is 0 Å². The summed E-state index contributed by atoms with van der Waals surface area (Å²) in [6.45, 7) is 5.06. The number of piperidine rings is 1. The van der Waals surface area contributed by atoms with Gasteiger partial charge in [-0.1, -0.05) is 6.07 Å². The molecule has 6 unspecified atom stereocenters. The summed E-state index contributed by atoms with van der Waals surface area (Å²) in [5.41, 5.74) is 4.07. The average Bonchev–Trinajstić information content (AvgIpc) is 3.03. The van der Waals surface area contributed by atoms with Gasteiger partial charge in [-0.25, -0.2) is 0 Å². The Kier molecular flexibility index (Phi) is 4.07. The highest BCUT2D eigenvalue weighted by atomic mass is 16.1. The van der Waals surface area contributed by atoms with Crippen LogP contribution in [0.2, 0.25) is 0 Å². The fourth-order valence-electron chi connectivity index (χ4n) is 8.27. The van der Waals surface area contributed by atoms with E-state index in [4.69, 9.17) is 0 Å². The van der Waals surface area contributed by atoms with E-state index in [0.29, 0.717) is 16.9 Å². The molecule has 1 amide bonds. The van der Waals surface area contributed by atoms with Crippen molar-refractivity contribution in [1.29, 1.82) is 0 Å². The maximum absolute atomic E-state index is 13.1. The van der Waals surface area contributed by atoms with Crippen molar-refractivity contribution in [1.82, 2.24) is 10.6 Å². The number of nitrogens with one attached hydrogen (secondary N) is 3. The highest BCUT2D eigenvalue weighted by molar-refractivity contribution is 5.96. The molecule has 1 aromatic carbocycles. The first-order valence-electron chi connectivity index (χ1n) is 11.9. The summed E-state index contributed by atoms with van der Waals surface area (Å²) in [5, 5.41) is 10.5. The van der Waals surface area contributed by atoms with Crippen molar-refractivity contribution in [3.63, 3.8) is 0 Å². The molecular formula is C25H35N3O. The molecule has 1 spiro atoms. The molecule has 5 fully saturated rings. The van der Waals surface area contributed by atoms with Crippen molar-refractivity contribution in [3.8, 4) is 0 Å². The van der Waals surface area contributed by atoms with Gasteiger partial charge in [0.15, 0.2) is 0 Å². The summed E-state index contributed by atoms with van der Waals surface area (Å²) in [7, 11) is 0. The van der Waals surface area contributed by atoms with E-state index in [9.17, 15) is 4.79 Å². The topological polar surface area (TPSA) is 53.2 Å². The molecule has 4 nitrogen and oxygen atoms in total. The van der Waals surface area contributed by atoms with Crippen LogP contribution in [0, 0.1) is 35.5 Å². The molecule has 5 aliphatic rings. The lowest BCUT2D eigenvalue weighted by Gasteiger charge is -2.49. The van der Waals surface area contributed by atoms with Crippen molar-refractivity contribution in [2.24, 2.45) is 28.6 Å². The zero-order valence-corrected chi connectivity index (χ0v) is 17.7. The van der Waals surface area contributed by atoms with Crippen molar-refractivity contribution < 1.29 is 4.79 Å². The minimum Gasteiger partial charge on any atom is -0.381 e. The van der Waals surface area contributed by atoms with Crippen molar-refractivity contribution in [2.75, 3.05) is 25.0 Å². The van der Waals surface area contributed by atoms with Gasteiger partial charge in [-0.05, 0) is 111 Å². The maximum atomic E-state index is 13.1. The quantitative estimate of drug-likeness (QED) is 0.706. The Morgan fingerprint density at radius 2 is 2.14 bits per heavy atom. The summed E-state index contributed by atoms with van der Waals surface area (Å²) in [6, 6.07) is 6.73. The lowest BCUT2D eigenvalue weighted by atomic mass is 9.55. The molecule has 0 aromatic heterocycles. The fraction of sp³-hybridized carbons (Fsp3) is 0.720. The van der Waals surface area contributed by atoms with Gasteiger partial charge in [0.25, 0.3) is 5.91 Å². The van der Waals surface area contributed by atoms with E-state index in [1.54, 1.807) is 0 Å². The monoisotopic (exact) mass is 393 g/mol. The highest BCUT2D eigenvalue weighted by Gasteiger charge is 2.70. The number of hydrogen-bond donors (Lipinski definition) is 3. The zero-order chi connectivity index (χ0) is 19.6. The second-order valence-corrected chi connectivity index (χ2v) is 11.2. The van der Waals surface area contributed by atoms with Crippen LogP contribution in [0.15, 0.2) is 18.2 Å². The number of carbonyl (C=O) groups excluding carboxylic acids is 1. The highest BCUT2D eigenvalue weighted by Crippen LogP contribution is 2.78. The average molecular weight is 394 g/mol. The molecule has 6 rings (SSSR count). The normalized spacial score (nSPS) is 41.7. The Balaban J connectivity index is 1.14. The van der Waals surface area contributed by atoms with Crippen molar-refractivity contribution in [2.45, 2.75) is 64.3 Å². The van der Waals surface area contributed by atoms with Crippen LogP contribution in [0.4, 0.5) is 5.69 Å². The van der Waals surface area contributed by atoms with Crippen LogP contribution in [-0.4, -0.2) is 31.6 Å².